The van der Waals surface area contributed by atoms with Crippen LogP contribution in [0, 0.1) is 5.92 Å². The van der Waals surface area contributed by atoms with Gasteiger partial charge in [0.15, 0.2) is 0 Å². The lowest BCUT2D eigenvalue weighted by atomic mass is 9.86. The largest absolute Gasteiger partial charge is 0.394 e. The Morgan fingerprint density at radius 2 is 1.68 bits per heavy atom. The number of rotatable bonds is 8. The molecule has 1 atom stereocenters. The standard InChI is InChI=1S/C17H29NO/c1-5-17(6-2,13-19)18-12-16(14(3)4)15-10-8-7-9-11-15/h7-11,14,16,18-19H,5-6,12-13H2,1-4H3. The van der Waals surface area contributed by atoms with E-state index in [2.05, 4.69) is 63.3 Å². The van der Waals surface area contributed by atoms with Gasteiger partial charge in [0.2, 0.25) is 0 Å². The van der Waals surface area contributed by atoms with Crippen LogP contribution in [0.4, 0.5) is 0 Å². The molecule has 0 aromatic heterocycles. The molecule has 19 heavy (non-hydrogen) atoms. The summed E-state index contributed by atoms with van der Waals surface area (Å²) in [6.07, 6.45) is 1.92. The highest BCUT2D eigenvalue weighted by molar-refractivity contribution is 5.20. The molecule has 0 spiro atoms. The number of benzene rings is 1. The zero-order chi connectivity index (χ0) is 14.3. The Morgan fingerprint density at radius 1 is 1.11 bits per heavy atom. The fourth-order valence-electron chi connectivity index (χ4n) is 2.54. The highest BCUT2D eigenvalue weighted by Gasteiger charge is 2.26. The van der Waals surface area contributed by atoms with Crippen LogP contribution in [0.3, 0.4) is 0 Å². The van der Waals surface area contributed by atoms with Crippen LogP contribution in [-0.4, -0.2) is 23.8 Å². The van der Waals surface area contributed by atoms with Crippen LogP contribution in [0.2, 0.25) is 0 Å². The predicted molar refractivity (Wildman–Crippen MR) is 82.4 cm³/mol. The van der Waals surface area contributed by atoms with Crippen LogP contribution in [-0.2, 0) is 0 Å². The van der Waals surface area contributed by atoms with Gasteiger partial charge in [0, 0.05) is 12.1 Å². The molecule has 0 fully saturated rings. The Kier molecular flexibility index (Phi) is 6.53. The van der Waals surface area contributed by atoms with Gasteiger partial charge in [-0.1, -0.05) is 58.0 Å². The first-order valence-electron chi connectivity index (χ1n) is 7.49. The van der Waals surface area contributed by atoms with Crippen LogP contribution in [0.25, 0.3) is 0 Å². The van der Waals surface area contributed by atoms with Gasteiger partial charge >= 0.3 is 0 Å². The Bertz CT molecular complexity index is 335. The molecule has 1 rings (SSSR count). The topological polar surface area (TPSA) is 32.3 Å². The molecule has 0 aliphatic heterocycles. The highest BCUT2D eigenvalue weighted by Crippen LogP contribution is 2.25. The summed E-state index contributed by atoms with van der Waals surface area (Å²) in [6.45, 7) is 9.93. The van der Waals surface area contributed by atoms with E-state index in [1.54, 1.807) is 0 Å². The van der Waals surface area contributed by atoms with Crippen molar-refractivity contribution in [3.05, 3.63) is 35.9 Å². The number of aliphatic hydroxyl groups is 1. The summed E-state index contributed by atoms with van der Waals surface area (Å²) in [5.41, 5.74) is 1.26. The molecule has 0 radical (unpaired) electrons. The minimum absolute atomic E-state index is 0.123. The quantitative estimate of drug-likeness (QED) is 0.751. The molecule has 0 aliphatic carbocycles. The third kappa shape index (κ3) is 4.32. The van der Waals surface area contributed by atoms with Crippen molar-refractivity contribution < 1.29 is 5.11 Å². The number of hydrogen-bond acceptors (Lipinski definition) is 2. The lowest BCUT2D eigenvalue weighted by molar-refractivity contribution is 0.147. The molecule has 108 valence electrons. The average Bonchev–Trinajstić information content (AvgIpc) is 2.45. The summed E-state index contributed by atoms with van der Waals surface area (Å²) in [5, 5.41) is 13.2. The van der Waals surface area contributed by atoms with Gasteiger partial charge in [-0.25, -0.2) is 0 Å². The summed E-state index contributed by atoms with van der Waals surface area (Å²) < 4.78 is 0. The van der Waals surface area contributed by atoms with E-state index in [0.29, 0.717) is 11.8 Å². The van der Waals surface area contributed by atoms with Crippen LogP contribution in [0.1, 0.15) is 52.0 Å². The average molecular weight is 263 g/mol. The van der Waals surface area contributed by atoms with Crippen LogP contribution in [0.5, 0.6) is 0 Å². The molecule has 0 aliphatic rings. The van der Waals surface area contributed by atoms with E-state index in [9.17, 15) is 5.11 Å². The second-order valence-electron chi connectivity index (χ2n) is 5.79. The summed E-state index contributed by atoms with van der Waals surface area (Å²) in [5.74, 6) is 1.07. The van der Waals surface area contributed by atoms with Gasteiger partial charge in [-0.2, -0.15) is 0 Å². The van der Waals surface area contributed by atoms with Gasteiger partial charge in [-0.3, -0.25) is 0 Å². The second-order valence-corrected chi connectivity index (χ2v) is 5.79. The minimum atomic E-state index is -0.123. The lowest BCUT2D eigenvalue weighted by Gasteiger charge is -2.34. The maximum atomic E-state index is 9.64. The van der Waals surface area contributed by atoms with Crippen molar-refractivity contribution in [3.8, 4) is 0 Å². The number of nitrogens with one attached hydrogen (secondary N) is 1. The van der Waals surface area contributed by atoms with Gasteiger partial charge in [0.1, 0.15) is 0 Å². The molecular weight excluding hydrogens is 234 g/mol. The van der Waals surface area contributed by atoms with Gasteiger partial charge in [0.25, 0.3) is 0 Å². The van der Waals surface area contributed by atoms with Crippen molar-refractivity contribution in [2.45, 2.75) is 52.0 Å². The van der Waals surface area contributed by atoms with Gasteiger partial charge in [0.05, 0.1) is 6.61 Å². The summed E-state index contributed by atoms with van der Waals surface area (Å²) in [4.78, 5) is 0. The minimum Gasteiger partial charge on any atom is -0.394 e. The Hall–Kier alpha value is -0.860. The maximum Gasteiger partial charge on any atom is 0.0613 e. The molecule has 1 unspecified atom stereocenters. The third-order valence-corrected chi connectivity index (χ3v) is 4.39. The van der Waals surface area contributed by atoms with Crippen molar-refractivity contribution in [2.24, 2.45) is 5.92 Å². The van der Waals surface area contributed by atoms with Gasteiger partial charge in [-0.05, 0) is 30.2 Å². The first-order chi connectivity index (χ1) is 9.08. The van der Waals surface area contributed by atoms with Crippen LogP contribution < -0.4 is 5.32 Å². The van der Waals surface area contributed by atoms with Gasteiger partial charge in [-0.15, -0.1) is 0 Å². The van der Waals surface area contributed by atoms with E-state index in [1.807, 2.05) is 0 Å². The lowest BCUT2D eigenvalue weighted by Crippen LogP contribution is -2.49. The molecule has 1 aromatic rings. The Balaban J connectivity index is 2.76. The first kappa shape index (κ1) is 16.2. The molecule has 1 aromatic carbocycles. The highest BCUT2D eigenvalue weighted by atomic mass is 16.3. The molecule has 0 saturated carbocycles. The smallest absolute Gasteiger partial charge is 0.0613 e. The van der Waals surface area contributed by atoms with Crippen molar-refractivity contribution in [3.63, 3.8) is 0 Å². The van der Waals surface area contributed by atoms with Crippen molar-refractivity contribution >= 4 is 0 Å². The predicted octanol–water partition coefficient (Wildman–Crippen LogP) is 3.57. The van der Waals surface area contributed by atoms with Gasteiger partial charge < -0.3 is 10.4 Å². The normalized spacial score (nSPS) is 13.8. The van der Waals surface area contributed by atoms with Crippen LogP contribution >= 0.6 is 0 Å². The van der Waals surface area contributed by atoms with E-state index in [1.165, 1.54) is 5.56 Å². The van der Waals surface area contributed by atoms with E-state index < -0.39 is 0 Å². The zero-order valence-electron chi connectivity index (χ0n) is 12.8. The summed E-state index contributed by atoms with van der Waals surface area (Å²) >= 11 is 0. The van der Waals surface area contributed by atoms with E-state index in [-0.39, 0.29) is 12.1 Å². The SMILES string of the molecule is CCC(CC)(CO)NCC(c1ccccc1)C(C)C. The number of hydrogen-bond donors (Lipinski definition) is 2. The fourth-order valence-corrected chi connectivity index (χ4v) is 2.54. The van der Waals surface area contributed by atoms with Crippen LogP contribution in [0.15, 0.2) is 30.3 Å². The molecule has 2 nitrogen and oxygen atoms in total. The molecule has 0 saturated heterocycles. The molecule has 0 bridgehead atoms. The summed E-state index contributed by atoms with van der Waals surface area (Å²) in [7, 11) is 0. The molecule has 2 heteroatoms. The van der Waals surface area contributed by atoms with Crippen molar-refractivity contribution in [1.29, 1.82) is 0 Å². The van der Waals surface area contributed by atoms with E-state index in [0.717, 1.165) is 19.4 Å². The van der Waals surface area contributed by atoms with Crippen molar-refractivity contribution in [2.75, 3.05) is 13.2 Å². The number of aliphatic hydroxyl groups excluding tert-OH is 1. The molecule has 0 heterocycles. The second kappa shape index (κ2) is 7.66. The monoisotopic (exact) mass is 263 g/mol. The molecule has 2 N–H and O–H groups in total. The molecule has 0 amide bonds. The first-order valence-corrected chi connectivity index (χ1v) is 7.49. The van der Waals surface area contributed by atoms with Crippen molar-refractivity contribution in [1.82, 2.24) is 5.32 Å². The maximum absolute atomic E-state index is 9.64. The third-order valence-electron chi connectivity index (χ3n) is 4.39. The molecular formula is C17H29NO. The van der Waals surface area contributed by atoms with E-state index in [4.69, 9.17) is 0 Å². The Morgan fingerprint density at radius 3 is 2.11 bits per heavy atom. The van der Waals surface area contributed by atoms with E-state index >= 15 is 0 Å². The summed E-state index contributed by atoms with van der Waals surface area (Å²) in [6, 6.07) is 10.7. The Labute approximate surface area is 118 Å². The fraction of sp³-hybridized carbons (Fsp3) is 0.647. The zero-order valence-corrected chi connectivity index (χ0v) is 12.8.